The van der Waals surface area contributed by atoms with Gasteiger partial charge in [-0.05, 0) is 37.6 Å². The molecule has 0 heterocycles. The van der Waals surface area contributed by atoms with E-state index in [4.69, 9.17) is 0 Å². The number of nitrogens with zero attached hydrogens (tertiary/aromatic N) is 2. The van der Waals surface area contributed by atoms with E-state index in [2.05, 4.69) is 53.3 Å². The second-order valence-corrected chi connectivity index (χ2v) is 4.51. The highest BCUT2D eigenvalue weighted by molar-refractivity contribution is 5.60. The van der Waals surface area contributed by atoms with Gasteiger partial charge >= 0.3 is 0 Å². The van der Waals surface area contributed by atoms with E-state index in [1.165, 1.54) is 18.4 Å². The van der Waals surface area contributed by atoms with Gasteiger partial charge in [0.25, 0.3) is 0 Å². The van der Waals surface area contributed by atoms with Crippen LogP contribution in [-0.2, 0) is 6.54 Å². The average Bonchev–Trinajstić information content (AvgIpc) is 2.42. The molecular formula is C15H25N3. The van der Waals surface area contributed by atoms with E-state index < -0.39 is 0 Å². The SMILES string of the molecule is CCCCNCc1ccc(N=CN(C)CC)cc1. The Bertz CT molecular complexity index is 343. The molecule has 0 amide bonds. The van der Waals surface area contributed by atoms with Crippen molar-refractivity contribution in [3.8, 4) is 0 Å². The van der Waals surface area contributed by atoms with E-state index in [0.717, 1.165) is 25.3 Å². The lowest BCUT2D eigenvalue weighted by molar-refractivity contribution is 0.552. The molecule has 0 saturated carbocycles. The first-order chi connectivity index (χ1) is 8.76. The highest BCUT2D eigenvalue weighted by atomic mass is 15.1. The Morgan fingerprint density at radius 1 is 1.22 bits per heavy atom. The van der Waals surface area contributed by atoms with Gasteiger partial charge < -0.3 is 10.2 Å². The van der Waals surface area contributed by atoms with E-state index in [1.807, 2.05) is 13.4 Å². The average molecular weight is 247 g/mol. The van der Waals surface area contributed by atoms with Crippen LogP contribution in [-0.4, -0.2) is 31.4 Å². The maximum Gasteiger partial charge on any atom is 0.0909 e. The van der Waals surface area contributed by atoms with Crippen LogP contribution in [0.15, 0.2) is 29.3 Å². The molecule has 0 bridgehead atoms. The maximum absolute atomic E-state index is 4.41. The molecule has 0 unspecified atom stereocenters. The summed E-state index contributed by atoms with van der Waals surface area (Å²) in [6, 6.07) is 8.41. The molecule has 18 heavy (non-hydrogen) atoms. The van der Waals surface area contributed by atoms with Crippen molar-refractivity contribution >= 4 is 12.0 Å². The number of aliphatic imine (C=N–C) groups is 1. The van der Waals surface area contributed by atoms with E-state index in [9.17, 15) is 0 Å². The Balaban J connectivity index is 2.40. The summed E-state index contributed by atoms with van der Waals surface area (Å²) in [5.41, 5.74) is 2.32. The fraction of sp³-hybridized carbons (Fsp3) is 0.533. The van der Waals surface area contributed by atoms with Gasteiger partial charge in [0.15, 0.2) is 0 Å². The summed E-state index contributed by atoms with van der Waals surface area (Å²) in [6.45, 7) is 7.33. The molecule has 0 saturated heterocycles. The Hall–Kier alpha value is -1.35. The summed E-state index contributed by atoms with van der Waals surface area (Å²) in [6.07, 6.45) is 4.35. The molecule has 3 nitrogen and oxygen atoms in total. The standard InChI is InChI=1S/C15H25N3/c1-4-6-11-16-12-14-7-9-15(10-8-14)17-13-18(3)5-2/h7-10,13,16H,4-6,11-12H2,1-3H3. The molecule has 0 fully saturated rings. The van der Waals surface area contributed by atoms with Gasteiger partial charge in [-0.25, -0.2) is 4.99 Å². The van der Waals surface area contributed by atoms with Crippen molar-refractivity contribution in [2.24, 2.45) is 4.99 Å². The van der Waals surface area contributed by atoms with Gasteiger partial charge in [0, 0.05) is 20.1 Å². The first-order valence-corrected chi connectivity index (χ1v) is 6.80. The maximum atomic E-state index is 4.41. The zero-order valence-corrected chi connectivity index (χ0v) is 11.8. The lowest BCUT2D eigenvalue weighted by atomic mass is 10.2. The molecule has 0 aromatic heterocycles. The van der Waals surface area contributed by atoms with Crippen molar-refractivity contribution in [1.29, 1.82) is 0 Å². The van der Waals surface area contributed by atoms with Crippen LogP contribution in [0, 0.1) is 0 Å². The van der Waals surface area contributed by atoms with Crippen molar-refractivity contribution in [1.82, 2.24) is 10.2 Å². The van der Waals surface area contributed by atoms with Crippen molar-refractivity contribution in [2.75, 3.05) is 20.1 Å². The second kappa shape index (κ2) is 8.70. The molecule has 0 aliphatic heterocycles. The number of nitrogens with one attached hydrogen (secondary N) is 1. The number of hydrogen-bond donors (Lipinski definition) is 1. The minimum absolute atomic E-state index is 0.943. The Kier molecular flexibility index (Phi) is 7.11. The van der Waals surface area contributed by atoms with Crippen LogP contribution in [0.2, 0.25) is 0 Å². The lowest BCUT2D eigenvalue weighted by Gasteiger charge is -2.08. The highest BCUT2D eigenvalue weighted by Crippen LogP contribution is 2.12. The van der Waals surface area contributed by atoms with Gasteiger partial charge in [-0.15, -0.1) is 0 Å². The summed E-state index contributed by atoms with van der Waals surface area (Å²) >= 11 is 0. The van der Waals surface area contributed by atoms with Crippen LogP contribution in [0.4, 0.5) is 5.69 Å². The van der Waals surface area contributed by atoms with Crippen LogP contribution in [0.25, 0.3) is 0 Å². The van der Waals surface area contributed by atoms with Gasteiger partial charge in [0.05, 0.1) is 12.0 Å². The zero-order valence-electron chi connectivity index (χ0n) is 11.8. The normalized spacial score (nSPS) is 11.1. The van der Waals surface area contributed by atoms with Gasteiger partial charge in [0.2, 0.25) is 0 Å². The van der Waals surface area contributed by atoms with E-state index >= 15 is 0 Å². The number of unbranched alkanes of at least 4 members (excludes halogenated alkanes) is 1. The van der Waals surface area contributed by atoms with Crippen molar-refractivity contribution < 1.29 is 0 Å². The Labute approximate surface area is 111 Å². The molecule has 1 rings (SSSR count). The molecule has 0 aliphatic rings. The number of hydrogen-bond acceptors (Lipinski definition) is 2. The summed E-state index contributed by atoms with van der Waals surface area (Å²) in [7, 11) is 2.02. The van der Waals surface area contributed by atoms with Crippen LogP contribution in [0.3, 0.4) is 0 Å². The quantitative estimate of drug-likeness (QED) is 0.434. The molecule has 0 atom stereocenters. The number of rotatable bonds is 8. The van der Waals surface area contributed by atoms with Crippen LogP contribution in [0.5, 0.6) is 0 Å². The van der Waals surface area contributed by atoms with Gasteiger partial charge in [-0.2, -0.15) is 0 Å². The summed E-state index contributed by atoms with van der Waals surface area (Å²) < 4.78 is 0. The molecule has 0 aliphatic carbocycles. The topological polar surface area (TPSA) is 27.6 Å². The third-order valence-electron chi connectivity index (χ3n) is 2.88. The summed E-state index contributed by atoms with van der Waals surface area (Å²) in [5.74, 6) is 0. The van der Waals surface area contributed by atoms with E-state index in [-0.39, 0.29) is 0 Å². The van der Waals surface area contributed by atoms with Crippen molar-refractivity contribution in [2.45, 2.75) is 33.2 Å². The minimum atomic E-state index is 0.943. The lowest BCUT2D eigenvalue weighted by Crippen LogP contribution is -2.14. The van der Waals surface area contributed by atoms with E-state index in [1.54, 1.807) is 0 Å². The molecule has 3 heteroatoms. The summed E-state index contributed by atoms with van der Waals surface area (Å²) in [4.78, 5) is 6.46. The molecular weight excluding hydrogens is 222 g/mol. The largest absolute Gasteiger partial charge is 0.366 e. The van der Waals surface area contributed by atoms with Crippen molar-refractivity contribution in [3.63, 3.8) is 0 Å². The third kappa shape index (κ3) is 5.82. The molecule has 0 spiro atoms. The van der Waals surface area contributed by atoms with E-state index in [0.29, 0.717) is 0 Å². The predicted molar refractivity (Wildman–Crippen MR) is 79.5 cm³/mol. The van der Waals surface area contributed by atoms with Crippen LogP contribution < -0.4 is 5.32 Å². The Morgan fingerprint density at radius 3 is 2.56 bits per heavy atom. The van der Waals surface area contributed by atoms with Gasteiger partial charge in [-0.1, -0.05) is 25.5 Å². The Morgan fingerprint density at radius 2 is 1.94 bits per heavy atom. The molecule has 100 valence electrons. The fourth-order valence-corrected chi connectivity index (χ4v) is 1.48. The molecule has 1 aromatic rings. The fourth-order valence-electron chi connectivity index (χ4n) is 1.48. The first-order valence-electron chi connectivity index (χ1n) is 6.80. The zero-order chi connectivity index (χ0) is 13.2. The number of benzene rings is 1. The smallest absolute Gasteiger partial charge is 0.0909 e. The molecule has 0 radical (unpaired) electrons. The first kappa shape index (κ1) is 14.7. The second-order valence-electron chi connectivity index (χ2n) is 4.51. The van der Waals surface area contributed by atoms with Crippen LogP contribution in [0.1, 0.15) is 32.3 Å². The molecule has 1 N–H and O–H groups in total. The highest BCUT2D eigenvalue weighted by Gasteiger charge is 1.93. The minimum Gasteiger partial charge on any atom is -0.366 e. The molecule has 1 aromatic carbocycles. The predicted octanol–water partition coefficient (Wildman–Crippen LogP) is 3.19. The monoisotopic (exact) mass is 247 g/mol. The summed E-state index contributed by atoms with van der Waals surface area (Å²) in [5, 5.41) is 3.43. The van der Waals surface area contributed by atoms with Gasteiger partial charge in [0.1, 0.15) is 0 Å². The third-order valence-corrected chi connectivity index (χ3v) is 2.88. The van der Waals surface area contributed by atoms with Crippen LogP contribution >= 0.6 is 0 Å². The van der Waals surface area contributed by atoms with Gasteiger partial charge in [-0.3, -0.25) is 0 Å². The van der Waals surface area contributed by atoms with Crippen molar-refractivity contribution in [3.05, 3.63) is 29.8 Å².